The quantitative estimate of drug-likeness (QED) is 0.861. The maximum Gasteiger partial charge on any atom is 0.338 e. The Balaban J connectivity index is 2.00. The van der Waals surface area contributed by atoms with Crippen LogP contribution in [0.3, 0.4) is 0 Å². The number of aryl methyl sites for hydroxylation is 2. The van der Waals surface area contributed by atoms with E-state index in [0.29, 0.717) is 18.4 Å². The van der Waals surface area contributed by atoms with Crippen LogP contribution in [-0.2, 0) is 9.53 Å². The van der Waals surface area contributed by atoms with Crippen molar-refractivity contribution < 1.29 is 14.3 Å². The zero-order chi connectivity index (χ0) is 17.7. The average molecular weight is 328 g/mol. The first-order valence-corrected chi connectivity index (χ1v) is 8.38. The third-order valence-electron chi connectivity index (χ3n) is 4.39. The molecule has 1 fully saturated rings. The van der Waals surface area contributed by atoms with Crippen molar-refractivity contribution in [1.29, 1.82) is 5.26 Å². The predicted molar refractivity (Wildman–Crippen MR) is 90.4 cm³/mol. The normalized spacial score (nSPS) is 17.4. The molecule has 0 radical (unpaired) electrons. The van der Waals surface area contributed by atoms with Crippen molar-refractivity contribution in [2.24, 2.45) is 0 Å². The van der Waals surface area contributed by atoms with Crippen LogP contribution in [0.1, 0.15) is 60.5 Å². The summed E-state index contributed by atoms with van der Waals surface area (Å²) in [7, 11) is 0. The second-order valence-electron chi connectivity index (χ2n) is 6.67. The van der Waals surface area contributed by atoms with Gasteiger partial charge in [0.1, 0.15) is 5.54 Å². The molecule has 5 heteroatoms. The molecule has 1 amide bonds. The summed E-state index contributed by atoms with van der Waals surface area (Å²) < 4.78 is 5.28. The lowest BCUT2D eigenvalue weighted by atomic mass is 9.83. The van der Waals surface area contributed by atoms with Crippen molar-refractivity contribution in [1.82, 2.24) is 5.32 Å². The van der Waals surface area contributed by atoms with E-state index in [2.05, 4.69) is 11.4 Å². The molecule has 0 aromatic heterocycles. The highest BCUT2D eigenvalue weighted by molar-refractivity contribution is 5.92. The maximum absolute atomic E-state index is 12.3. The lowest BCUT2D eigenvalue weighted by Gasteiger charge is -2.32. The number of carbonyl (C=O) groups excluding carboxylic acids is 2. The lowest BCUT2D eigenvalue weighted by molar-refractivity contribution is -0.130. The van der Waals surface area contributed by atoms with Gasteiger partial charge in [-0.15, -0.1) is 0 Å². The van der Waals surface area contributed by atoms with Gasteiger partial charge >= 0.3 is 5.97 Å². The van der Waals surface area contributed by atoms with Gasteiger partial charge in [-0.1, -0.05) is 36.5 Å². The van der Waals surface area contributed by atoms with Gasteiger partial charge in [0.25, 0.3) is 5.91 Å². The molecular weight excluding hydrogens is 304 g/mol. The number of carbonyl (C=O) groups is 2. The van der Waals surface area contributed by atoms with Gasteiger partial charge in [-0.2, -0.15) is 5.26 Å². The molecule has 1 aromatic rings. The van der Waals surface area contributed by atoms with Crippen LogP contribution in [0.4, 0.5) is 0 Å². The minimum absolute atomic E-state index is 0.420. The summed E-state index contributed by atoms with van der Waals surface area (Å²) in [5.74, 6) is -0.949. The topological polar surface area (TPSA) is 79.2 Å². The van der Waals surface area contributed by atoms with Gasteiger partial charge in [-0.3, -0.25) is 4.79 Å². The average Bonchev–Trinajstić information content (AvgIpc) is 2.54. The highest BCUT2D eigenvalue weighted by atomic mass is 16.5. The highest BCUT2D eigenvalue weighted by Gasteiger charge is 2.35. The Morgan fingerprint density at radius 3 is 2.29 bits per heavy atom. The fourth-order valence-electron chi connectivity index (χ4n) is 3.13. The molecule has 0 saturated heterocycles. The Labute approximate surface area is 143 Å². The van der Waals surface area contributed by atoms with Crippen LogP contribution < -0.4 is 5.32 Å². The standard InChI is InChI=1S/C19H24N2O3/c1-13-9-14(2)11-16(10-13)18(23)24-15(3)17(22)21-19(12-20)7-5-4-6-8-19/h9-11,15H,4-8H2,1-3H3,(H,21,22)/t15-/m1/s1. The van der Waals surface area contributed by atoms with E-state index in [-0.39, 0.29) is 0 Å². The van der Waals surface area contributed by atoms with Crippen molar-refractivity contribution in [2.75, 3.05) is 0 Å². The van der Waals surface area contributed by atoms with E-state index in [4.69, 9.17) is 4.74 Å². The summed E-state index contributed by atoms with van der Waals surface area (Å²) in [5, 5.41) is 12.2. The zero-order valence-corrected chi connectivity index (χ0v) is 14.5. The summed E-state index contributed by atoms with van der Waals surface area (Å²) in [4.78, 5) is 24.6. The van der Waals surface area contributed by atoms with Gasteiger partial charge in [-0.05, 0) is 45.7 Å². The number of rotatable bonds is 4. The van der Waals surface area contributed by atoms with Crippen LogP contribution in [0.25, 0.3) is 0 Å². The highest BCUT2D eigenvalue weighted by Crippen LogP contribution is 2.27. The van der Waals surface area contributed by atoms with Crippen LogP contribution in [0, 0.1) is 25.2 Å². The number of amides is 1. The number of hydrogen-bond donors (Lipinski definition) is 1. The third kappa shape index (κ3) is 4.35. The smallest absolute Gasteiger partial charge is 0.338 e. The number of nitrogens with zero attached hydrogens (tertiary/aromatic N) is 1. The minimum atomic E-state index is -0.939. The molecule has 5 nitrogen and oxygen atoms in total. The number of ether oxygens (including phenoxy) is 1. The van der Waals surface area contributed by atoms with Crippen LogP contribution in [0.5, 0.6) is 0 Å². The lowest BCUT2D eigenvalue weighted by Crippen LogP contribution is -2.52. The number of benzene rings is 1. The van der Waals surface area contributed by atoms with Crippen LogP contribution in [0.2, 0.25) is 0 Å². The van der Waals surface area contributed by atoms with Gasteiger partial charge in [0.2, 0.25) is 0 Å². The van der Waals surface area contributed by atoms with Crippen molar-refractivity contribution in [3.8, 4) is 6.07 Å². The first kappa shape index (κ1) is 18.0. The SMILES string of the molecule is Cc1cc(C)cc(C(=O)O[C@H](C)C(=O)NC2(C#N)CCCCC2)c1. The molecule has 2 rings (SSSR count). The van der Waals surface area contributed by atoms with Crippen LogP contribution in [0.15, 0.2) is 18.2 Å². The third-order valence-corrected chi connectivity index (χ3v) is 4.39. The first-order chi connectivity index (χ1) is 11.3. The van der Waals surface area contributed by atoms with E-state index >= 15 is 0 Å². The van der Waals surface area contributed by atoms with Crippen molar-refractivity contribution >= 4 is 11.9 Å². The fraction of sp³-hybridized carbons (Fsp3) is 0.526. The number of esters is 1. The summed E-state index contributed by atoms with van der Waals surface area (Å²) >= 11 is 0. The molecule has 128 valence electrons. The molecular formula is C19H24N2O3. The Morgan fingerprint density at radius 1 is 1.17 bits per heavy atom. The van der Waals surface area contributed by atoms with E-state index in [0.717, 1.165) is 30.4 Å². The second kappa shape index (κ2) is 7.48. The van der Waals surface area contributed by atoms with Crippen molar-refractivity contribution in [3.05, 3.63) is 34.9 Å². The number of nitrogens with one attached hydrogen (secondary N) is 1. The van der Waals surface area contributed by atoms with Crippen LogP contribution in [-0.4, -0.2) is 23.5 Å². The summed E-state index contributed by atoms with van der Waals surface area (Å²) in [6, 6.07) is 7.66. The molecule has 1 aromatic carbocycles. The molecule has 0 aliphatic heterocycles. The maximum atomic E-state index is 12.3. The zero-order valence-electron chi connectivity index (χ0n) is 14.5. The summed E-state index contributed by atoms with van der Waals surface area (Å²) in [5.41, 5.74) is 1.53. The van der Waals surface area contributed by atoms with E-state index in [1.807, 2.05) is 19.9 Å². The number of nitriles is 1. The molecule has 1 N–H and O–H groups in total. The van der Waals surface area contributed by atoms with Crippen molar-refractivity contribution in [2.45, 2.75) is 64.5 Å². The molecule has 24 heavy (non-hydrogen) atoms. The monoisotopic (exact) mass is 328 g/mol. The Kier molecular flexibility index (Phi) is 5.61. The molecule has 0 bridgehead atoms. The van der Waals surface area contributed by atoms with Gasteiger partial charge in [0.15, 0.2) is 6.10 Å². The molecule has 1 aliphatic rings. The van der Waals surface area contributed by atoms with E-state index in [1.165, 1.54) is 6.92 Å². The molecule has 1 atom stereocenters. The van der Waals surface area contributed by atoms with Gasteiger partial charge in [-0.25, -0.2) is 4.79 Å². The van der Waals surface area contributed by atoms with Crippen molar-refractivity contribution in [3.63, 3.8) is 0 Å². The molecule has 1 aliphatic carbocycles. The summed E-state index contributed by atoms with van der Waals surface area (Å²) in [6.07, 6.45) is 3.27. The molecule has 0 spiro atoms. The Morgan fingerprint density at radius 2 is 1.75 bits per heavy atom. The summed E-state index contributed by atoms with van der Waals surface area (Å²) in [6.45, 7) is 5.34. The minimum Gasteiger partial charge on any atom is -0.449 e. The van der Waals surface area contributed by atoms with Gasteiger partial charge in [0.05, 0.1) is 11.6 Å². The molecule has 0 unspecified atom stereocenters. The van der Waals surface area contributed by atoms with Gasteiger partial charge < -0.3 is 10.1 Å². The van der Waals surface area contributed by atoms with E-state index < -0.39 is 23.5 Å². The van der Waals surface area contributed by atoms with Crippen LogP contribution >= 0.6 is 0 Å². The van der Waals surface area contributed by atoms with Gasteiger partial charge in [0, 0.05) is 0 Å². The van der Waals surface area contributed by atoms with E-state index in [9.17, 15) is 14.9 Å². The van der Waals surface area contributed by atoms with E-state index in [1.54, 1.807) is 12.1 Å². The Bertz CT molecular complexity index is 649. The largest absolute Gasteiger partial charge is 0.449 e. The second-order valence-corrected chi connectivity index (χ2v) is 6.67. The Hall–Kier alpha value is -2.35. The fourth-order valence-corrected chi connectivity index (χ4v) is 3.13. The first-order valence-electron chi connectivity index (χ1n) is 8.38. The molecule has 1 saturated carbocycles. The predicted octanol–water partition coefficient (Wildman–Crippen LogP) is 3.19. The number of hydrogen-bond acceptors (Lipinski definition) is 4. The molecule has 0 heterocycles.